The van der Waals surface area contributed by atoms with Gasteiger partial charge in [-0.15, -0.1) is 11.8 Å². The Kier molecular flexibility index (Phi) is 6.92. The fourth-order valence-corrected chi connectivity index (χ4v) is 4.65. The Morgan fingerprint density at radius 3 is 2.72 bits per heavy atom. The molecule has 3 N–H and O–H groups in total. The van der Waals surface area contributed by atoms with Crippen molar-refractivity contribution in [1.82, 2.24) is 20.4 Å². The van der Waals surface area contributed by atoms with Gasteiger partial charge in [0.2, 0.25) is 11.8 Å². The molecule has 2 heterocycles. The number of hydrogen-bond donors (Lipinski definition) is 3. The van der Waals surface area contributed by atoms with Crippen LogP contribution in [0.15, 0.2) is 59.8 Å². The number of amides is 2. The van der Waals surface area contributed by atoms with Gasteiger partial charge in [0.1, 0.15) is 0 Å². The van der Waals surface area contributed by atoms with E-state index in [1.165, 1.54) is 11.1 Å². The van der Waals surface area contributed by atoms with Crippen LogP contribution in [0.2, 0.25) is 0 Å². The standard InChI is InChI=1S/C24H27N5O2S/c1-29(2)23(30)9-10-32-22-12-17(19-14-26-27-15-19)7-8-20(22)28-24(31)21-11-16-5-3-4-6-18(16)13-25-21/h3-8,12,14-15,21,25H,9-11,13H2,1-2H3,(H,26,27)(H,28,31). The number of benzene rings is 2. The van der Waals surface area contributed by atoms with Crippen LogP contribution in [0.3, 0.4) is 0 Å². The van der Waals surface area contributed by atoms with Crippen molar-refractivity contribution in [2.45, 2.75) is 30.3 Å². The molecular formula is C24H27N5O2S. The first-order valence-electron chi connectivity index (χ1n) is 10.6. The number of nitrogens with one attached hydrogen (secondary N) is 3. The predicted octanol–water partition coefficient (Wildman–Crippen LogP) is 3.30. The lowest BCUT2D eigenvalue weighted by molar-refractivity contribution is -0.128. The van der Waals surface area contributed by atoms with Gasteiger partial charge in [0.25, 0.3) is 0 Å². The Hall–Kier alpha value is -3.10. The lowest BCUT2D eigenvalue weighted by atomic mass is 9.95. The molecule has 7 nitrogen and oxygen atoms in total. The largest absolute Gasteiger partial charge is 0.349 e. The summed E-state index contributed by atoms with van der Waals surface area (Å²) in [5, 5.41) is 13.3. The van der Waals surface area contributed by atoms with E-state index in [-0.39, 0.29) is 17.9 Å². The molecule has 1 atom stereocenters. The second-order valence-electron chi connectivity index (χ2n) is 7.98. The van der Waals surface area contributed by atoms with Crippen LogP contribution in [-0.2, 0) is 22.6 Å². The molecule has 4 rings (SSSR count). The van der Waals surface area contributed by atoms with Crippen molar-refractivity contribution >= 4 is 29.3 Å². The number of H-pyrrole nitrogens is 1. The summed E-state index contributed by atoms with van der Waals surface area (Å²) < 4.78 is 0. The van der Waals surface area contributed by atoms with E-state index in [0.717, 1.165) is 21.7 Å². The lowest BCUT2D eigenvalue weighted by Gasteiger charge is -2.25. The summed E-state index contributed by atoms with van der Waals surface area (Å²) in [4.78, 5) is 27.6. The number of aromatic amines is 1. The van der Waals surface area contributed by atoms with E-state index in [4.69, 9.17) is 0 Å². The third-order valence-electron chi connectivity index (χ3n) is 5.54. The van der Waals surface area contributed by atoms with Gasteiger partial charge in [-0.2, -0.15) is 5.10 Å². The van der Waals surface area contributed by atoms with Crippen LogP contribution < -0.4 is 10.6 Å². The first-order chi connectivity index (χ1) is 15.5. The molecule has 2 amide bonds. The van der Waals surface area contributed by atoms with Crippen LogP contribution in [0.1, 0.15) is 17.5 Å². The molecule has 32 heavy (non-hydrogen) atoms. The van der Waals surface area contributed by atoms with E-state index < -0.39 is 0 Å². The Morgan fingerprint density at radius 1 is 1.16 bits per heavy atom. The number of fused-ring (bicyclic) bond motifs is 1. The molecule has 2 aromatic carbocycles. The highest BCUT2D eigenvalue weighted by Crippen LogP contribution is 2.33. The van der Waals surface area contributed by atoms with Crippen LogP contribution in [0.25, 0.3) is 11.1 Å². The fraction of sp³-hybridized carbons (Fsp3) is 0.292. The minimum absolute atomic E-state index is 0.0539. The molecule has 3 aromatic rings. The first kappa shape index (κ1) is 22.1. The van der Waals surface area contributed by atoms with Gasteiger partial charge in [0.05, 0.1) is 17.9 Å². The topological polar surface area (TPSA) is 90.1 Å². The summed E-state index contributed by atoms with van der Waals surface area (Å²) in [6.45, 7) is 0.682. The van der Waals surface area contributed by atoms with Crippen LogP contribution in [0.4, 0.5) is 5.69 Å². The second-order valence-corrected chi connectivity index (χ2v) is 9.12. The van der Waals surface area contributed by atoms with Crippen molar-refractivity contribution < 1.29 is 9.59 Å². The van der Waals surface area contributed by atoms with E-state index in [0.29, 0.717) is 25.1 Å². The molecule has 1 aliphatic rings. The Bertz CT molecular complexity index is 1100. The minimum Gasteiger partial charge on any atom is -0.349 e. The maximum atomic E-state index is 13.1. The predicted molar refractivity (Wildman–Crippen MR) is 127 cm³/mol. The normalized spacial score (nSPS) is 15.1. The third kappa shape index (κ3) is 5.20. The summed E-state index contributed by atoms with van der Waals surface area (Å²) in [7, 11) is 3.51. The molecule has 0 bridgehead atoms. The van der Waals surface area contributed by atoms with Gasteiger partial charge >= 0.3 is 0 Å². The van der Waals surface area contributed by atoms with Gasteiger partial charge in [-0.05, 0) is 35.2 Å². The highest BCUT2D eigenvalue weighted by atomic mass is 32.2. The zero-order valence-electron chi connectivity index (χ0n) is 18.2. The Balaban J connectivity index is 1.50. The van der Waals surface area contributed by atoms with Crippen molar-refractivity contribution in [2.75, 3.05) is 25.2 Å². The molecule has 166 valence electrons. The number of thioether (sulfide) groups is 1. The summed E-state index contributed by atoms with van der Waals surface area (Å²) in [6.07, 6.45) is 4.69. The summed E-state index contributed by atoms with van der Waals surface area (Å²) in [6, 6.07) is 13.9. The van der Waals surface area contributed by atoms with E-state index in [1.54, 1.807) is 37.0 Å². The highest BCUT2D eigenvalue weighted by molar-refractivity contribution is 7.99. The van der Waals surface area contributed by atoms with E-state index in [2.05, 4.69) is 33.0 Å². The molecule has 8 heteroatoms. The number of nitrogens with zero attached hydrogens (tertiary/aromatic N) is 2. The van der Waals surface area contributed by atoms with Crippen LogP contribution >= 0.6 is 11.8 Å². The van der Waals surface area contributed by atoms with Gasteiger partial charge in [-0.25, -0.2) is 0 Å². The molecule has 1 unspecified atom stereocenters. The maximum absolute atomic E-state index is 13.1. The zero-order chi connectivity index (χ0) is 22.5. The van der Waals surface area contributed by atoms with Crippen LogP contribution in [-0.4, -0.2) is 52.8 Å². The number of rotatable bonds is 7. The minimum atomic E-state index is -0.286. The van der Waals surface area contributed by atoms with E-state index in [9.17, 15) is 9.59 Å². The van der Waals surface area contributed by atoms with Gasteiger partial charge in [0.15, 0.2) is 0 Å². The van der Waals surface area contributed by atoms with Crippen molar-refractivity contribution in [3.05, 3.63) is 66.0 Å². The number of anilines is 1. The van der Waals surface area contributed by atoms with E-state index >= 15 is 0 Å². The number of carbonyl (C=O) groups excluding carboxylic acids is 2. The van der Waals surface area contributed by atoms with Crippen molar-refractivity contribution in [1.29, 1.82) is 0 Å². The summed E-state index contributed by atoms with van der Waals surface area (Å²) in [5.74, 6) is 0.657. The summed E-state index contributed by atoms with van der Waals surface area (Å²) >= 11 is 1.57. The number of carbonyl (C=O) groups is 2. The zero-order valence-corrected chi connectivity index (χ0v) is 19.0. The molecule has 0 saturated carbocycles. The van der Waals surface area contributed by atoms with Gasteiger partial charge in [-0.1, -0.05) is 30.3 Å². The smallest absolute Gasteiger partial charge is 0.241 e. The highest BCUT2D eigenvalue weighted by Gasteiger charge is 2.24. The number of hydrogen-bond acceptors (Lipinski definition) is 5. The molecule has 0 radical (unpaired) electrons. The molecule has 0 fully saturated rings. The van der Waals surface area contributed by atoms with Crippen molar-refractivity contribution in [3.8, 4) is 11.1 Å². The first-order valence-corrected chi connectivity index (χ1v) is 11.6. The fourth-order valence-electron chi connectivity index (χ4n) is 3.66. The third-order valence-corrected chi connectivity index (χ3v) is 6.60. The van der Waals surface area contributed by atoms with Crippen LogP contribution in [0, 0.1) is 0 Å². The van der Waals surface area contributed by atoms with Crippen molar-refractivity contribution in [2.24, 2.45) is 0 Å². The average Bonchev–Trinajstić information content (AvgIpc) is 3.34. The Morgan fingerprint density at radius 2 is 1.97 bits per heavy atom. The molecule has 0 aliphatic carbocycles. The number of aromatic nitrogens is 2. The van der Waals surface area contributed by atoms with E-state index in [1.807, 2.05) is 36.5 Å². The van der Waals surface area contributed by atoms with Gasteiger partial charge < -0.3 is 15.5 Å². The molecule has 0 saturated heterocycles. The quantitative estimate of drug-likeness (QED) is 0.482. The van der Waals surface area contributed by atoms with Gasteiger partial charge in [-0.3, -0.25) is 14.7 Å². The Labute approximate surface area is 192 Å². The monoisotopic (exact) mass is 449 g/mol. The van der Waals surface area contributed by atoms with Gasteiger partial charge in [0, 0.05) is 49.5 Å². The average molecular weight is 450 g/mol. The molecule has 1 aromatic heterocycles. The summed E-state index contributed by atoms with van der Waals surface area (Å²) in [5.41, 5.74) is 5.18. The van der Waals surface area contributed by atoms with Crippen LogP contribution in [0.5, 0.6) is 0 Å². The SMILES string of the molecule is CN(C)C(=O)CCSc1cc(-c2cn[nH]c2)ccc1NC(=O)C1Cc2ccccc2CN1. The lowest BCUT2D eigenvalue weighted by Crippen LogP contribution is -2.44. The second kappa shape index (κ2) is 10.0. The molecule has 1 aliphatic heterocycles. The maximum Gasteiger partial charge on any atom is 0.241 e. The molecule has 0 spiro atoms. The van der Waals surface area contributed by atoms with Crippen molar-refractivity contribution in [3.63, 3.8) is 0 Å². The molecular weight excluding hydrogens is 422 g/mol.